The number of nitrogens with one attached hydrogen (secondary N) is 1. The molecule has 0 unspecified atom stereocenters. The van der Waals surface area contributed by atoms with E-state index in [0.717, 1.165) is 17.5 Å². The Hall–Kier alpha value is -1.31. The predicted octanol–water partition coefficient (Wildman–Crippen LogP) is 3.42. The molecule has 0 fully saturated rings. The Morgan fingerprint density at radius 1 is 1.19 bits per heavy atom. The molecule has 0 saturated carbocycles. The Balaban J connectivity index is 0.00000106. The molecule has 0 saturated heterocycles. The molecule has 0 atom stereocenters. The first-order chi connectivity index (χ1) is 7.61. The maximum Gasteiger partial charge on any atom is 0.124 e. The first-order valence-corrected chi connectivity index (χ1v) is 5.82. The Morgan fingerprint density at radius 2 is 1.75 bits per heavy atom. The van der Waals surface area contributed by atoms with Gasteiger partial charge in [0.15, 0.2) is 0 Å². The molecular weight excluding hydrogens is 198 g/mol. The SMILES string of the molecule is CC.CNc1c(C)cc(C)c(C)c1CC=O. The minimum Gasteiger partial charge on any atom is -0.388 e. The molecule has 1 aromatic carbocycles. The van der Waals surface area contributed by atoms with Crippen molar-refractivity contribution in [2.24, 2.45) is 0 Å². The summed E-state index contributed by atoms with van der Waals surface area (Å²) in [6.45, 7) is 10.2. The van der Waals surface area contributed by atoms with Crippen molar-refractivity contribution in [3.63, 3.8) is 0 Å². The molecule has 0 spiro atoms. The molecule has 2 heteroatoms. The average molecular weight is 221 g/mol. The molecule has 0 aromatic heterocycles. The maximum absolute atomic E-state index is 10.6. The Bertz CT molecular complexity index is 356. The monoisotopic (exact) mass is 221 g/mol. The van der Waals surface area contributed by atoms with Crippen molar-refractivity contribution in [3.8, 4) is 0 Å². The second-order valence-corrected chi connectivity index (χ2v) is 3.61. The third kappa shape index (κ3) is 3.09. The zero-order chi connectivity index (χ0) is 12.7. The van der Waals surface area contributed by atoms with Crippen LogP contribution in [0.25, 0.3) is 0 Å². The summed E-state index contributed by atoms with van der Waals surface area (Å²) in [7, 11) is 1.89. The van der Waals surface area contributed by atoms with E-state index in [1.54, 1.807) is 0 Å². The van der Waals surface area contributed by atoms with E-state index < -0.39 is 0 Å². The van der Waals surface area contributed by atoms with E-state index in [9.17, 15) is 4.79 Å². The molecule has 1 aromatic rings. The predicted molar refractivity (Wildman–Crippen MR) is 71.3 cm³/mol. The van der Waals surface area contributed by atoms with E-state index in [0.29, 0.717) is 6.42 Å². The second-order valence-electron chi connectivity index (χ2n) is 3.61. The standard InChI is InChI=1S/C12H17NO.C2H6/c1-8-7-9(2)12(13-4)11(5-6-14)10(8)3;1-2/h6-7,13H,5H2,1-4H3;1-2H3. The van der Waals surface area contributed by atoms with Crippen molar-refractivity contribution in [3.05, 3.63) is 28.3 Å². The van der Waals surface area contributed by atoms with Crippen molar-refractivity contribution in [2.45, 2.75) is 41.0 Å². The van der Waals surface area contributed by atoms with E-state index in [2.05, 4.69) is 32.2 Å². The van der Waals surface area contributed by atoms with Gasteiger partial charge in [0.1, 0.15) is 6.29 Å². The van der Waals surface area contributed by atoms with Gasteiger partial charge in [-0.1, -0.05) is 19.9 Å². The highest BCUT2D eigenvalue weighted by Crippen LogP contribution is 2.26. The van der Waals surface area contributed by atoms with Crippen LogP contribution in [0.3, 0.4) is 0 Å². The molecule has 0 aliphatic carbocycles. The fourth-order valence-electron chi connectivity index (χ4n) is 1.86. The van der Waals surface area contributed by atoms with Gasteiger partial charge in [-0.05, 0) is 43.0 Å². The van der Waals surface area contributed by atoms with Gasteiger partial charge in [0.05, 0.1) is 0 Å². The van der Waals surface area contributed by atoms with E-state index in [1.807, 2.05) is 20.9 Å². The van der Waals surface area contributed by atoms with E-state index in [1.165, 1.54) is 16.7 Å². The van der Waals surface area contributed by atoms with Gasteiger partial charge in [0.25, 0.3) is 0 Å². The highest BCUT2D eigenvalue weighted by Gasteiger charge is 2.09. The highest BCUT2D eigenvalue weighted by atomic mass is 16.1. The number of benzene rings is 1. The largest absolute Gasteiger partial charge is 0.388 e. The zero-order valence-corrected chi connectivity index (χ0v) is 11.3. The van der Waals surface area contributed by atoms with Crippen molar-refractivity contribution in [1.82, 2.24) is 0 Å². The third-order valence-electron chi connectivity index (χ3n) is 2.71. The summed E-state index contributed by atoms with van der Waals surface area (Å²) in [5.41, 5.74) is 5.89. The lowest BCUT2D eigenvalue weighted by Crippen LogP contribution is -2.03. The molecule has 16 heavy (non-hydrogen) atoms. The zero-order valence-electron chi connectivity index (χ0n) is 11.3. The van der Waals surface area contributed by atoms with Crippen molar-refractivity contribution in [1.29, 1.82) is 0 Å². The van der Waals surface area contributed by atoms with Crippen LogP contribution < -0.4 is 5.32 Å². The molecular formula is C14H23NO. The fraction of sp³-hybridized carbons (Fsp3) is 0.500. The van der Waals surface area contributed by atoms with Gasteiger partial charge >= 0.3 is 0 Å². The molecule has 0 amide bonds. The van der Waals surface area contributed by atoms with Crippen molar-refractivity contribution < 1.29 is 4.79 Å². The lowest BCUT2D eigenvalue weighted by atomic mass is 9.95. The minimum atomic E-state index is 0.491. The van der Waals surface area contributed by atoms with Crippen LogP contribution in [0.15, 0.2) is 6.07 Å². The normalized spacial score (nSPS) is 9.12. The highest BCUT2D eigenvalue weighted by molar-refractivity contribution is 5.68. The molecule has 0 aliphatic heterocycles. The smallest absolute Gasteiger partial charge is 0.124 e. The van der Waals surface area contributed by atoms with Crippen LogP contribution in [0.5, 0.6) is 0 Å². The van der Waals surface area contributed by atoms with Crippen LogP contribution in [0.2, 0.25) is 0 Å². The fourth-order valence-corrected chi connectivity index (χ4v) is 1.86. The van der Waals surface area contributed by atoms with Gasteiger partial charge in [-0.15, -0.1) is 0 Å². The molecule has 1 rings (SSSR count). The van der Waals surface area contributed by atoms with Gasteiger partial charge in [-0.25, -0.2) is 0 Å². The second kappa shape index (κ2) is 7.04. The summed E-state index contributed by atoms with van der Waals surface area (Å²) in [5.74, 6) is 0. The van der Waals surface area contributed by atoms with E-state index in [-0.39, 0.29) is 0 Å². The lowest BCUT2D eigenvalue weighted by molar-refractivity contribution is -0.107. The quantitative estimate of drug-likeness (QED) is 0.792. The molecule has 90 valence electrons. The number of anilines is 1. The van der Waals surface area contributed by atoms with Gasteiger partial charge in [-0.2, -0.15) is 0 Å². The van der Waals surface area contributed by atoms with Crippen LogP contribution >= 0.6 is 0 Å². The van der Waals surface area contributed by atoms with Gasteiger partial charge in [-0.3, -0.25) is 0 Å². The summed E-state index contributed by atoms with van der Waals surface area (Å²) in [6, 6.07) is 2.15. The number of hydrogen-bond donors (Lipinski definition) is 1. The van der Waals surface area contributed by atoms with Gasteiger partial charge in [0, 0.05) is 19.2 Å². The Kier molecular flexibility index (Phi) is 6.47. The summed E-state index contributed by atoms with van der Waals surface area (Å²) in [4.78, 5) is 10.6. The van der Waals surface area contributed by atoms with Gasteiger partial charge < -0.3 is 10.1 Å². The summed E-state index contributed by atoms with van der Waals surface area (Å²) < 4.78 is 0. The summed E-state index contributed by atoms with van der Waals surface area (Å²) >= 11 is 0. The Labute approximate surface area is 99.1 Å². The van der Waals surface area contributed by atoms with Crippen LogP contribution in [0.1, 0.15) is 36.1 Å². The van der Waals surface area contributed by atoms with Crippen LogP contribution in [0, 0.1) is 20.8 Å². The summed E-state index contributed by atoms with van der Waals surface area (Å²) in [5, 5.41) is 3.16. The molecule has 0 aliphatic rings. The summed E-state index contributed by atoms with van der Waals surface area (Å²) in [6.07, 6.45) is 1.45. The topological polar surface area (TPSA) is 29.1 Å². The number of carbonyl (C=O) groups is 1. The first-order valence-electron chi connectivity index (χ1n) is 5.82. The minimum absolute atomic E-state index is 0.491. The first kappa shape index (κ1) is 14.7. The molecule has 2 nitrogen and oxygen atoms in total. The Morgan fingerprint density at radius 3 is 2.19 bits per heavy atom. The molecule has 0 radical (unpaired) electrons. The number of carbonyl (C=O) groups excluding carboxylic acids is 1. The number of aryl methyl sites for hydroxylation is 2. The van der Waals surface area contributed by atoms with Gasteiger partial charge in [0.2, 0.25) is 0 Å². The number of hydrogen-bond acceptors (Lipinski definition) is 2. The van der Waals surface area contributed by atoms with Crippen LogP contribution in [-0.2, 0) is 11.2 Å². The third-order valence-corrected chi connectivity index (χ3v) is 2.71. The number of aldehydes is 1. The molecule has 0 bridgehead atoms. The van der Waals surface area contributed by atoms with E-state index >= 15 is 0 Å². The van der Waals surface area contributed by atoms with Crippen molar-refractivity contribution in [2.75, 3.05) is 12.4 Å². The average Bonchev–Trinajstić information content (AvgIpc) is 2.29. The van der Waals surface area contributed by atoms with E-state index in [4.69, 9.17) is 0 Å². The number of rotatable bonds is 3. The maximum atomic E-state index is 10.6. The molecule has 0 heterocycles. The lowest BCUT2D eigenvalue weighted by Gasteiger charge is -2.15. The van der Waals surface area contributed by atoms with Crippen LogP contribution in [0.4, 0.5) is 5.69 Å². The molecule has 1 N–H and O–H groups in total. The van der Waals surface area contributed by atoms with Crippen molar-refractivity contribution >= 4 is 12.0 Å². The van der Waals surface area contributed by atoms with Crippen LogP contribution in [-0.4, -0.2) is 13.3 Å².